The van der Waals surface area contributed by atoms with Gasteiger partial charge in [0.2, 0.25) is 11.8 Å². The van der Waals surface area contributed by atoms with Crippen molar-refractivity contribution in [1.29, 1.82) is 10.5 Å². The van der Waals surface area contributed by atoms with Crippen LogP contribution in [0.5, 0.6) is 0 Å². The first kappa shape index (κ1) is 38.6. The summed E-state index contributed by atoms with van der Waals surface area (Å²) in [5.41, 5.74) is 3.90. The van der Waals surface area contributed by atoms with Crippen molar-refractivity contribution in [1.82, 2.24) is 20.0 Å². The lowest BCUT2D eigenvalue weighted by molar-refractivity contribution is -0.136. The maximum absolute atomic E-state index is 13.6. The summed E-state index contributed by atoms with van der Waals surface area (Å²) in [5.74, 6) is -2.23. The molecular formula is C44H44ClN9O5. The largest absolute Gasteiger partial charge is 0.371 e. The summed E-state index contributed by atoms with van der Waals surface area (Å²) in [5, 5.41) is 22.4. The Morgan fingerprint density at radius 2 is 1.47 bits per heavy atom. The molecule has 6 aliphatic heterocycles. The lowest BCUT2D eigenvalue weighted by Gasteiger charge is -2.54. The van der Waals surface area contributed by atoms with Crippen LogP contribution < -0.4 is 20.0 Å². The highest BCUT2D eigenvalue weighted by Crippen LogP contribution is 2.46. The zero-order valence-electron chi connectivity index (χ0n) is 32.8. The van der Waals surface area contributed by atoms with Gasteiger partial charge in [0.15, 0.2) is 0 Å². The van der Waals surface area contributed by atoms with Gasteiger partial charge in [-0.25, -0.2) is 0 Å². The summed E-state index contributed by atoms with van der Waals surface area (Å²) in [6.07, 6.45) is 3.40. The normalized spacial score (nSPS) is 23.8. The molecule has 6 aliphatic rings. The average molecular weight is 814 g/mol. The topological polar surface area (TPSA) is 164 Å². The van der Waals surface area contributed by atoms with E-state index in [4.69, 9.17) is 11.6 Å². The van der Waals surface area contributed by atoms with Crippen molar-refractivity contribution in [2.45, 2.75) is 56.7 Å². The molecule has 59 heavy (non-hydrogen) atoms. The number of carbonyl (C=O) groups excluding carboxylic acids is 5. The molecule has 2 atom stereocenters. The molecule has 0 aliphatic carbocycles. The molecule has 3 aromatic rings. The van der Waals surface area contributed by atoms with Crippen LogP contribution in [0.3, 0.4) is 0 Å². The fourth-order valence-corrected chi connectivity index (χ4v) is 10.4. The third kappa shape index (κ3) is 6.64. The van der Waals surface area contributed by atoms with Gasteiger partial charge in [-0.15, -0.1) is 0 Å². The Kier molecular flexibility index (Phi) is 9.60. The summed E-state index contributed by atoms with van der Waals surface area (Å²) in [4.78, 5) is 76.0. The zero-order chi connectivity index (χ0) is 41.2. The van der Waals surface area contributed by atoms with Gasteiger partial charge >= 0.3 is 0 Å². The second-order valence-electron chi connectivity index (χ2n) is 16.9. The molecule has 1 unspecified atom stereocenters. The number of halogens is 1. The summed E-state index contributed by atoms with van der Waals surface area (Å²) in [6.45, 7) is 8.00. The Labute approximate surface area is 347 Å². The van der Waals surface area contributed by atoms with Crippen LogP contribution in [0.25, 0.3) is 0 Å². The third-order valence-corrected chi connectivity index (χ3v) is 13.9. The minimum atomic E-state index is -1.03. The van der Waals surface area contributed by atoms with E-state index in [-0.39, 0.29) is 35.3 Å². The van der Waals surface area contributed by atoms with Crippen molar-refractivity contribution in [3.63, 3.8) is 0 Å². The van der Waals surface area contributed by atoms with E-state index >= 15 is 0 Å². The van der Waals surface area contributed by atoms with Crippen molar-refractivity contribution < 1.29 is 24.0 Å². The van der Waals surface area contributed by atoms with Gasteiger partial charge in [-0.3, -0.25) is 39.1 Å². The second-order valence-corrected chi connectivity index (χ2v) is 17.4. The number of hydrogen-bond acceptors (Lipinski definition) is 11. The standard InChI is InChI=1S/C44H44ClN9O5/c1-28-22-43(25-53(28)33-7-4-30(23-46)36(45)21-33)12-14-49(15-13-43)31-5-2-29(3-6-31)40(57)50-16-18-52(19-17-50)44(24-47)26-51(27-44)32-8-9-34-35(20-32)42(59)54(41(34)58)37-10-11-38(55)48-39(37)56/h2-9,20-21,28,37H,10-19,22,25-27H2,1H3,(H,48,55,56)/t28-,37?/m0/s1. The van der Waals surface area contributed by atoms with Crippen LogP contribution in [0, 0.1) is 28.1 Å². The number of fused-ring (bicyclic) bond motifs is 1. The van der Waals surface area contributed by atoms with Gasteiger partial charge in [0.05, 0.1) is 40.9 Å². The lowest BCUT2D eigenvalue weighted by atomic mass is 9.76. The van der Waals surface area contributed by atoms with Crippen LogP contribution >= 0.6 is 11.6 Å². The highest BCUT2D eigenvalue weighted by molar-refractivity contribution is 6.32. The van der Waals surface area contributed by atoms with Crippen molar-refractivity contribution in [3.05, 3.63) is 87.9 Å². The monoisotopic (exact) mass is 813 g/mol. The predicted octanol–water partition coefficient (Wildman–Crippen LogP) is 4.04. The minimum absolute atomic E-state index is 0.0262. The van der Waals surface area contributed by atoms with E-state index in [0.717, 1.165) is 55.2 Å². The van der Waals surface area contributed by atoms with Crippen LogP contribution in [0.15, 0.2) is 60.7 Å². The van der Waals surface area contributed by atoms with E-state index in [9.17, 15) is 34.5 Å². The van der Waals surface area contributed by atoms with Crippen molar-refractivity contribution in [2.24, 2.45) is 5.41 Å². The first-order chi connectivity index (χ1) is 28.4. The van der Waals surface area contributed by atoms with Gasteiger partial charge in [0, 0.05) is 80.9 Å². The molecule has 15 heteroatoms. The lowest BCUT2D eigenvalue weighted by Crippen LogP contribution is -2.72. The molecule has 1 N–H and O–H groups in total. The number of hydrogen-bond donors (Lipinski definition) is 1. The fourth-order valence-electron chi connectivity index (χ4n) is 10.1. The van der Waals surface area contributed by atoms with Gasteiger partial charge in [0.1, 0.15) is 17.6 Å². The molecule has 0 aromatic heterocycles. The van der Waals surface area contributed by atoms with Gasteiger partial charge in [-0.2, -0.15) is 10.5 Å². The number of imide groups is 2. The number of piperazine rings is 1. The average Bonchev–Trinajstić information content (AvgIpc) is 3.68. The number of nitrogens with one attached hydrogen (secondary N) is 1. The number of carbonyl (C=O) groups is 5. The van der Waals surface area contributed by atoms with Gasteiger partial charge < -0.3 is 19.6 Å². The molecule has 5 fully saturated rings. The maximum Gasteiger partial charge on any atom is 0.262 e. The molecule has 0 bridgehead atoms. The Morgan fingerprint density at radius 3 is 2.14 bits per heavy atom. The number of piperidine rings is 2. The first-order valence-corrected chi connectivity index (χ1v) is 20.7. The zero-order valence-corrected chi connectivity index (χ0v) is 33.6. The Hall–Kier alpha value is -5.96. The Bertz CT molecular complexity index is 2350. The van der Waals surface area contributed by atoms with E-state index in [2.05, 4.69) is 39.1 Å². The molecule has 302 valence electrons. The minimum Gasteiger partial charge on any atom is -0.371 e. The number of nitrogens with zero attached hydrogens (tertiary/aromatic N) is 8. The van der Waals surface area contributed by atoms with Crippen LogP contribution in [0.4, 0.5) is 17.1 Å². The Balaban J connectivity index is 0.767. The van der Waals surface area contributed by atoms with Crippen LogP contribution in [0.2, 0.25) is 5.02 Å². The molecule has 0 radical (unpaired) electrons. The van der Waals surface area contributed by atoms with Crippen LogP contribution in [-0.2, 0) is 9.59 Å². The molecule has 0 saturated carbocycles. The first-order valence-electron chi connectivity index (χ1n) is 20.3. The molecule has 5 amide bonds. The molecule has 6 heterocycles. The Morgan fingerprint density at radius 1 is 0.797 bits per heavy atom. The number of nitriles is 2. The smallest absolute Gasteiger partial charge is 0.262 e. The quantitative estimate of drug-likeness (QED) is 0.358. The van der Waals surface area contributed by atoms with E-state index in [0.29, 0.717) is 67.1 Å². The molecule has 9 rings (SSSR count). The summed E-state index contributed by atoms with van der Waals surface area (Å²) in [7, 11) is 0. The van der Waals surface area contributed by atoms with E-state index < -0.39 is 35.2 Å². The number of anilines is 3. The van der Waals surface area contributed by atoms with Crippen LogP contribution in [0.1, 0.15) is 75.7 Å². The summed E-state index contributed by atoms with van der Waals surface area (Å²) < 4.78 is 0. The van der Waals surface area contributed by atoms with Gasteiger partial charge in [-0.1, -0.05) is 11.6 Å². The highest BCUT2D eigenvalue weighted by atomic mass is 35.5. The van der Waals surface area contributed by atoms with Gasteiger partial charge in [0.25, 0.3) is 17.7 Å². The van der Waals surface area contributed by atoms with Crippen molar-refractivity contribution in [3.8, 4) is 12.1 Å². The second kappa shape index (κ2) is 14.7. The number of benzene rings is 3. The summed E-state index contributed by atoms with van der Waals surface area (Å²) in [6, 6.07) is 22.6. The SMILES string of the molecule is C[C@H]1CC2(CCN(c3ccc(C(=O)N4CCN(C5(C#N)CN(c6ccc7c(c6)C(=O)N(C6CCC(=O)NC6=O)C7=O)C5)CC4)cc3)CC2)CN1c1ccc(C#N)c(Cl)c1. The van der Waals surface area contributed by atoms with Gasteiger partial charge in [-0.05, 0) is 98.7 Å². The molecule has 5 saturated heterocycles. The van der Waals surface area contributed by atoms with Crippen molar-refractivity contribution in [2.75, 3.05) is 73.6 Å². The summed E-state index contributed by atoms with van der Waals surface area (Å²) >= 11 is 6.37. The van der Waals surface area contributed by atoms with E-state index in [1.54, 1.807) is 24.3 Å². The fraction of sp³-hybridized carbons (Fsp3) is 0.432. The molecule has 14 nitrogen and oxygen atoms in total. The van der Waals surface area contributed by atoms with E-state index in [1.807, 2.05) is 46.2 Å². The molecule has 3 aromatic carbocycles. The van der Waals surface area contributed by atoms with Crippen molar-refractivity contribution >= 4 is 58.2 Å². The van der Waals surface area contributed by atoms with Crippen LogP contribution in [-0.4, -0.2) is 121 Å². The molecule has 1 spiro atoms. The third-order valence-electron chi connectivity index (χ3n) is 13.5. The maximum atomic E-state index is 13.6. The number of rotatable bonds is 6. The molecular weight excluding hydrogens is 770 g/mol. The number of amides is 5. The van der Waals surface area contributed by atoms with E-state index in [1.165, 1.54) is 0 Å². The highest BCUT2D eigenvalue weighted by Gasteiger charge is 2.51. The predicted molar refractivity (Wildman–Crippen MR) is 219 cm³/mol.